The number of nitrogens with zero attached hydrogens (tertiary/aromatic N) is 7. The molecule has 8 aromatic rings. The number of ether oxygens (including phenoxy) is 2. The summed E-state index contributed by atoms with van der Waals surface area (Å²) >= 11 is 25.3. The molecule has 0 saturated carbocycles. The fourth-order valence-corrected chi connectivity index (χ4v) is 7.21. The van der Waals surface area contributed by atoms with Gasteiger partial charge in [-0.3, -0.25) is 33.9 Å². The molecule has 4 N–H and O–H groups in total. The zero-order valence-corrected chi connectivity index (χ0v) is 36.9. The third kappa shape index (κ3) is 11.0. The number of benzene rings is 4. The fourth-order valence-electron chi connectivity index (χ4n) is 6.10. The smallest absolute Gasteiger partial charge is 0.349 e. The van der Waals surface area contributed by atoms with Gasteiger partial charge >= 0.3 is 11.4 Å². The van der Waals surface area contributed by atoms with Crippen molar-refractivity contribution >= 4 is 52.3 Å². The molecule has 0 unspecified atom stereocenters. The molecule has 0 radical (unpaired) electrons. The molecule has 1 amide bonds. The minimum absolute atomic E-state index is 0.00355. The maximum Gasteiger partial charge on any atom is 0.349 e. The lowest BCUT2D eigenvalue weighted by molar-refractivity contribution is 0.0992. The van der Waals surface area contributed by atoms with Crippen molar-refractivity contribution in [2.75, 3.05) is 0 Å². The Labute approximate surface area is 394 Å². The summed E-state index contributed by atoms with van der Waals surface area (Å²) in [4.78, 5) is 87.4. The van der Waals surface area contributed by atoms with E-state index in [1.807, 2.05) is 70.6 Å². The van der Waals surface area contributed by atoms with Crippen LogP contribution in [0, 0.1) is 11.3 Å². The standard InChI is InChI=1S/C22H15Cl2N5O5.C22H13Cl2N5O4/c23-15-8-13(29-22(33)26-21(32)18(27-29)20(25)31)9-16(24)19(15)34-14-6-7-17(30)28(11-14)10-12-4-2-1-3-5-12;23-16-8-14(29-22(32)26-21(31)18(10-25)27-29)9-17(24)20(16)33-15-6-7-19(30)28(12-15)11-13-4-2-1-3-5-13/h1-9,11H,10H2,(H2,25,31)(H,26,32,33);1-9,12H,11H2,(H,26,31,32). The molecule has 0 spiro atoms. The second kappa shape index (κ2) is 20.3. The van der Waals surface area contributed by atoms with E-state index >= 15 is 0 Å². The lowest BCUT2D eigenvalue weighted by atomic mass is 10.2. The Morgan fingerprint density at radius 2 is 1.00 bits per heavy atom. The van der Waals surface area contributed by atoms with E-state index in [9.17, 15) is 33.6 Å². The highest BCUT2D eigenvalue weighted by Crippen LogP contribution is 2.39. The number of amides is 1. The van der Waals surface area contributed by atoms with Crippen LogP contribution in [0.2, 0.25) is 20.1 Å². The van der Waals surface area contributed by atoms with E-state index < -0.39 is 39.8 Å². The number of hydrogen-bond donors (Lipinski definition) is 3. The topological polar surface area (TPSA) is 265 Å². The number of nitrogens with one attached hydrogen (secondary N) is 2. The van der Waals surface area contributed by atoms with Crippen LogP contribution in [0.15, 0.2) is 150 Å². The van der Waals surface area contributed by atoms with Gasteiger partial charge in [0.1, 0.15) is 17.6 Å². The highest BCUT2D eigenvalue weighted by molar-refractivity contribution is 6.38. The average Bonchev–Trinajstić information content (AvgIpc) is 3.29. The van der Waals surface area contributed by atoms with Crippen LogP contribution in [0.1, 0.15) is 27.3 Å². The summed E-state index contributed by atoms with van der Waals surface area (Å²) in [5, 5.41) is 16.5. The third-order valence-corrected chi connectivity index (χ3v) is 10.3. The van der Waals surface area contributed by atoms with Crippen LogP contribution in [0.4, 0.5) is 0 Å². The Morgan fingerprint density at radius 3 is 1.40 bits per heavy atom. The van der Waals surface area contributed by atoms with Crippen LogP contribution in [-0.2, 0) is 13.1 Å². The number of halogens is 4. The predicted octanol–water partition coefficient (Wildman–Crippen LogP) is 5.43. The molecule has 8 rings (SSSR count). The first-order valence-corrected chi connectivity index (χ1v) is 20.6. The number of pyridine rings is 2. The zero-order valence-electron chi connectivity index (χ0n) is 33.9. The van der Waals surface area contributed by atoms with E-state index in [0.29, 0.717) is 24.6 Å². The molecule has 0 fully saturated rings. The molecule has 0 aliphatic rings. The first kappa shape index (κ1) is 46.7. The normalized spacial score (nSPS) is 10.7. The second-order valence-corrected chi connectivity index (χ2v) is 15.5. The highest BCUT2D eigenvalue weighted by atomic mass is 35.5. The predicted molar refractivity (Wildman–Crippen MR) is 247 cm³/mol. The molecule has 19 nitrogen and oxygen atoms in total. The van der Waals surface area contributed by atoms with Gasteiger partial charge in [-0.2, -0.15) is 19.7 Å². The average molecular weight is 983 g/mol. The molecule has 0 saturated heterocycles. The Kier molecular flexibility index (Phi) is 14.1. The lowest BCUT2D eigenvalue weighted by Gasteiger charge is -2.13. The Balaban J connectivity index is 0.000000199. The minimum Gasteiger partial charge on any atom is -0.453 e. The summed E-state index contributed by atoms with van der Waals surface area (Å²) in [5.41, 5.74) is 1.85. The van der Waals surface area contributed by atoms with Gasteiger partial charge in [0, 0.05) is 12.1 Å². The van der Waals surface area contributed by atoms with E-state index in [0.717, 1.165) is 20.5 Å². The van der Waals surface area contributed by atoms with Crippen molar-refractivity contribution in [1.82, 2.24) is 38.7 Å². The highest BCUT2D eigenvalue weighted by Gasteiger charge is 2.19. The number of rotatable bonds is 11. The first-order valence-electron chi connectivity index (χ1n) is 19.1. The number of H-pyrrole nitrogens is 2. The third-order valence-electron chi connectivity index (χ3n) is 9.19. The quantitative estimate of drug-likeness (QED) is 0.147. The van der Waals surface area contributed by atoms with Gasteiger partial charge in [0.05, 0.1) is 56.9 Å². The summed E-state index contributed by atoms with van der Waals surface area (Å²) in [6.07, 6.45) is 3.05. The fraction of sp³-hybridized carbons (Fsp3) is 0.0455. The van der Waals surface area contributed by atoms with Gasteiger partial charge in [-0.25, -0.2) is 9.59 Å². The van der Waals surface area contributed by atoms with Crippen molar-refractivity contribution in [1.29, 1.82) is 5.26 Å². The Bertz CT molecular complexity index is 3580. The van der Waals surface area contributed by atoms with Gasteiger partial charge in [-0.15, -0.1) is 5.10 Å². The van der Waals surface area contributed by atoms with E-state index in [1.54, 1.807) is 6.07 Å². The van der Waals surface area contributed by atoms with Crippen LogP contribution in [0.25, 0.3) is 11.4 Å². The maximum atomic E-state index is 12.3. The van der Waals surface area contributed by atoms with E-state index in [1.165, 1.54) is 70.1 Å². The molecule has 67 heavy (non-hydrogen) atoms. The van der Waals surface area contributed by atoms with Crippen molar-refractivity contribution in [2.45, 2.75) is 13.1 Å². The number of hydrogen-bond acceptors (Lipinski definition) is 12. The summed E-state index contributed by atoms with van der Waals surface area (Å²) < 4.78 is 16.1. The SMILES string of the molecule is N#Cc1nn(-c2cc(Cl)c(Oc3ccc(=O)n(Cc4ccccc4)c3)c(Cl)c2)c(=O)[nH]c1=O.NC(=O)c1nn(-c2cc(Cl)c(Oc3ccc(=O)n(Cc4ccccc4)c3)c(Cl)c2)c(=O)[nH]c1=O. The molecular formula is C44H28Cl4N10O9. The zero-order chi connectivity index (χ0) is 47.9. The summed E-state index contributed by atoms with van der Waals surface area (Å²) in [6.45, 7) is 0.680. The lowest BCUT2D eigenvalue weighted by Crippen LogP contribution is -2.37. The largest absolute Gasteiger partial charge is 0.453 e. The number of carbonyl (C=O) groups is 1. The number of nitriles is 1. The van der Waals surface area contributed by atoms with Crippen molar-refractivity contribution in [2.24, 2.45) is 5.73 Å². The monoisotopic (exact) mass is 980 g/mol. The van der Waals surface area contributed by atoms with Crippen LogP contribution in [0.5, 0.6) is 23.0 Å². The van der Waals surface area contributed by atoms with Gasteiger partial charge in [-0.1, -0.05) is 107 Å². The molecule has 0 bridgehead atoms. The van der Waals surface area contributed by atoms with Crippen LogP contribution >= 0.6 is 46.4 Å². The van der Waals surface area contributed by atoms with Crippen molar-refractivity contribution in [3.63, 3.8) is 0 Å². The minimum atomic E-state index is -1.11. The van der Waals surface area contributed by atoms with Crippen molar-refractivity contribution in [3.8, 4) is 40.4 Å². The number of aromatic nitrogens is 8. The number of primary amides is 1. The van der Waals surface area contributed by atoms with E-state index in [-0.39, 0.29) is 54.1 Å². The molecule has 4 aromatic carbocycles. The van der Waals surface area contributed by atoms with Gasteiger partial charge in [0.15, 0.2) is 11.5 Å². The van der Waals surface area contributed by atoms with Gasteiger partial charge in [0.25, 0.3) is 28.1 Å². The van der Waals surface area contributed by atoms with Crippen molar-refractivity contribution < 1.29 is 14.3 Å². The van der Waals surface area contributed by atoms with Crippen LogP contribution < -0.4 is 48.8 Å². The Morgan fingerprint density at radius 1 is 0.597 bits per heavy atom. The molecule has 0 aliphatic heterocycles. The molecular weight excluding hydrogens is 954 g/mol. The maximum absolute atomic E-state index is 12.3. The first-order chi connectivity index (χ1) is 32.1. The number of carbonyl (C=O) groups excluding carboxylic acids is 1. The molecule has 23 heteroatoms. The summed E-state index contributed by atoms with van der Waals surface area (Å²) in [7, 11) is 0. The van der Waals surface area contributed by atoms with Crippen molar-refractivity contribution in [3.05, 3.63) is 227 Å². The van der Waals surface area contributed by atoms with E-state index in [4.69, 9.17) is 66.9 Å². The van der Waals surface area contributed by atoms with Gasteiger partial charge in [-0.05, 0) is 47.5 Å². The Hall–Kier alpha value is -8.28. The molecule has 0 aliphatic carbocycles. The molecule has 336 valence electrons. The second-order valence-electron chi connectivity index (χ2n) is 13.8. The summed E-state index contributed by atoms with van der Waals surface area (Å²) in [6, 6.07) is 31.4. The van der Waals surface area contributed by atoms with Crippen LogP contribution in [0.3, 0.4) is 0 Å². The molecule has 4 aromatic heterocycles. The van der Waals surface area contributed by atoms with Gasteiger partial charge < -0.3 is 24.3 Å². The number of nitrogens with two attached hydrogens (primary N) is 1. The van der Waals surface area contributed by atoms with Gasteiger partial charge in [0.2, 0.25) is 11.4 Å². The molecule has 4 heterocycles. The molecule has 0 atom stereocenters. The van der Waals surface area contributed by atoms with E-state index in [2.05, 4.69) is 10.2 Å². The van der Waals surface area contributed by atoms with Crippen LogP contribution in [-0.4, -0.2) is 44.6 Å². The number of aromatic amines is 2. The summed E-state index contributed by atoms with van der Waals surface area (Å²) in [5.74, 6) is -0.358.